The molecule has 1 N–H and O–H groups in total. The van der Waals surface area contributed by atoms with Gasteiger partial charge in [0.2, 0.25) is 5.82 Å². The molecule has 2 fully saturated rings. The normalized spacial score (nSPS) is 25.0. The zero-order valence-corrected chi connectivity index (χ0v) is 21.6. The second-order valence-electron chi connectivity index (χ2n) is 10.9. The molecular weight excluding hydrogens is 480 g/mol. The Kier molecular flexibility index (Phi) is 9.33. The zero-order chi connectivity index (χ0) is 26.5. The summed E-state index contributed by atoms with van der Waals surface area (Å²) in [6.07, 6.45) is 8.67. The predicted octanol–water partition coefficient (Wildman–Crippen LogP) is 8.37. The SMILES string of the molecule is C=CCOc1ccc(CCC2CCC(c3ccc(C4CCC(C(C)O)CC4)c(F)c3F)CC2)c(F)c1F. The Balaban J connectivity index is 1.31. The number of aryl methyl sites for hydroxylation is 1. The van der Waals surface area contributed by atoms with Crippen molar-refractivity contribution in [2.45, 2.75) is 89.1 Å². The highest BCUT2D eigenvalue weighted by molar-refractivity contribution is 5.33. The standard InChI is InChI=1S/C31H38F4O2/c1-3-18-37-27-17-14-24(28(32)31(27)35)9-6-20-4-7-22(8-5-20)25-15-16-26(30(34)29(25)33)23-12-10-21(11-13-23)19(2)36/h3,14-17,19-23,36H,1,4-13,18H2,2H3. The molecule has 2 saturated carbocycles. The summed E-state index contributed by atoms with van der Waals surface area (Å²) in [6.45, 7) is 5.41. The summed E-state index contributed by atoms with van der Waals surface area (Å²) >= 11 is 0. The minimum atomic E-state index is -0.972. The van der Waals surface area contributed by atoms with Crippen LogP contribution in [0.3, 0.4) is 0 Å². The molecule has 2 aliphatic carbocycles. The quantitative estimate of drug-likeness (QED) is 0.267. The van der Waals surface area contributed by atoms with Crippen LogP contribution in [0.1, 0.15) is 93.2 Å². The van der Waals surface area contributed by atoms with Crippen LogP contribution in [-0.4, -0.2) is 17.8 Å². The molecule has 2 aromatic rings. The first-order valence-corrected chi connectivity index (χ1v) is 13.7. The highest BCUT2D eigenvalue weighted by Gasteiger charge is 2.30. The molecule has 0 spiro atoms. The Hall–Kier alpha value is -2.34. The first-order valence-electron chi connectivity index (χ1n) is 13.7. The maximum Gasteiger partial charge on any atom is 0.200 e. The Bertz CT molecular complexity index is 1070. The van der Waals surface area contributed by atoms with E-state index in [4.69, 9.17) is 4.74 Å². The van der Waals surface area contributed by atoms with Crippen LogP contribution in [0.4, 0.5) is 17.6 Å². The Morgan fingerprint density at radius 1 is 0.838 bits per heavy atom. The minimum absolute atomic E-state index is 0.00198. The first-order chi connectivity index (χ1) is 17.8. The number of benzene rings is 2. The molecule has 0 bridgehead atoms. The van der Waals surface area contributed by atoms with E-state index < -0.39 is 23.3 Å². The van der Waals surface area contributed by atoms with E-state index in [1.165, 1.54) is 12.1 Å². The van der Waals surface area contributed by atoms with Gasteiger partial charge in [-0.05, 0) is 118 Å². The van der Waals surface area contributed by atoms with Crippen LogP contribution >= 0.6 is 0 Å². The molecule has 2 nitrogen and oxygen atoms in total. The maximum absolute atomic E-state index is 15.2. The molecule has 0 heterocycles. The average molecular weight is 519 g/mol. The molecule has 0 aromatic heterocycles. The first kappa shape index (κ1) is 27.7. The van der Waals surface area contributed by atoms with Crippen LogP contribution in [0.2, 0.25) is 0 Å². The number of ether oxygens (including phenoxy) is 1. The Morgan fingerprint density at radius 2 is 1.41 bits per heavy atom. The third kappa shape index (κ3) is 6.39. The number of rotatable bonds is 9. The van der Waals surface area contributed by atoms with Crippen molar-refractivity contribution < 1.29 is 27.4 Å². The largest absolute Gasteiger partial charge is 0.486 e. The van der Waals surface area contributed by atoms with E-state index in [2.05, 4.69) is 6.58 Å². The molecule has 0 radical (unpaired) electrons. The molecule has 0 amide bonds. The highest BCUT2D eigenvalue weighted by Crippen LogP contribution is 2.42. The third-order valence-electron chi connectivity index (χ3n) is 8.63. The predicted molar refractivity (Wildman–Crippen MR) is 138 cm³/mol. The van der Waals surface area contributed by atoms with Crippen molar-refractivity contribution in [3.8, 4) is 5.75 Å². The van der Waals surface area contributed by atoms with Gasteiger partial charge in [0.15, 0.2) is 23.2 Å². The van der Waals surface area contributed by atoms with Crippen LogP contribution in [0, 0.1) is 35.1 Å². The van der Waals surface area contributed by atoms with E-state index in [9.17, 15) is 13.9 Å². The number of hydrogen-bond donors (Lipinski definition) is 1. The molecule has 4 rings (SSSR count). The van der Waals surface area contributed by atoms with Gasteiger partial charge < -0.3 is 9.84 Å². The second kappa shape index (κ2) is 12.5. The smallest absolute Gasteiger partial charge is 0.200 e. The molecule has 0 aliphatic heterocycles. The number of halogens is 4. The van der Waals surface area contributed by atoms with Crippen molar-refractivity contribution in [2.24, 2.45) is 11.8 Å². The lowest BCUT2D eigenvalue weighted by molar-refractivity contribution is 0.0963. The van der Waals surface area contributed by atoms with Crippen molar-refractivity contribution in [1.82, 2.24) is 0 Å². The molecule has 1 atom stereocenters. The monoisotopic (exact) mass is 518 g/mol. The van der Waals surface area contributed by atoms with Gasteiger partial charge in [-0.15, -0.1) is 0 Å². The number of aliphatic hydroxyl groups is 1. The van der Waals surface area contributed by atoms with Crippen LogP contribution in [0.15, 0.2) is 36.9 Å². The van der Waals surface area contributed by atoms with E-state index in [-0.39, 0.29) is 36.2 Å². The Morgan fingerprint density at radius 3 is 1.95 bits per heavy atom. The summed E-state index contributed by atoms with van der Waals surface area (Å²) < 4.78 is 64.1. The highest BCUT2D eigenvalue weighted by atomic mass is 19.2. The van der Waals surface area contributed by atoms with Crippen molar-refractivity contribution in [1.29, 1.82) is 0 Å². The van der Waals surface area contributed by atoms with Crippen LogP contribution in [-0.2, 0) is 6.42 Å². The maximum atomic E-state index is 15.2. The lowest BCUT2D eigenvalue weighted by Crippen LogP contribution is -2.23. The van der Waals surface area contributed by atoms with Gasteiger partial charge in [-0.25, -0.2) is 13.2 Å². The molecule has 6 heteroatoms. The van der Waals surface area contributed by atoms with E-state index in [0.29, 0.717) is 29.0 Å². The number of hydrogen-bond acceptors (Lipinski definition) is 2. The van der Waals surface area contributed by atoms with Crippen LogP contribution < -0.4 is 4.74 Å². The second-order valence-corrected chi connectivity index (χ2v) is 10.9. The van der Waals surface area contributed by atoms with Gasteiger partial charge in [-0.3, -0.25) is 0 Å². The fourth-order valence-electron chi connectivity index (χ4n) is 6.27. The summed E-state index contributed by atoms with van der Waals surface area (Å²) in [4.78, 5) is 0. The summed E-state index contributed by atoms with van der Waals surface area (Å²) in [5, 5.41) is 9.81. The van der Waals surface area contributed by atoms with Gasteiger partial charge in [0, 0.05) is 0 Å². The number of aliphatic hydroxyl groups excluding tert-OH is 1. The summed E-state index contributed by atoms with van der Waals surface area (Å²) in [6, 6.07) is 6.56. The van der Waals surface area contributed by atoms with Crippen molar-refractivity contribution in [2.75, 3.05) is 6.61 Å². The van der Waals surface area contributed by atoms with Gasteiger partial charge in [0.1, 0.15) is 6.61 Å². The molecule has 1 unspecified atom stereocenters. The molecule has 37 heavy (non-hydrogen) atoms. The lowest BCUT2D eigenvalue weighted by Gasteiger charge is -2.32. The van der Waals surface area contributed by atoms with E-state index in [1.807, 2.05) is 0 Å². The topological polar surface area (TPSA) is 29.5 Å². The van der Waals surface area contributed by atoms with E-state index in [1.54, 1.807) is 25.1 Å². The van der Waals surface area contributed by atoms with Crippen molar-refractivity contribution in [3.05, 3.63) is 76.9 Å². The van der Waals surface area contributed by atoms with Gasteiger partial charge in [0.05, 0.1) is 6.10 Å². The van der Waals surface area contributed by atoms with Crippen molar-refractivity contribution >= 4 is 0 Å². The zero-order valence-electron chi connectivity index (χ0n) is 21.6. The van der Waals surface area contributed by atoms with Gasteiger partial charge in [0.25, 0.3) is 0 Å². The van der Waals surface area contributed by atoms with Gasteiger partial charge >= 0.3 is 0 Å². The Labute approximate surface area is 217 Å². The fourth-order valence-corrected chi connectivity index (χ4v) is 6.27. The van der Waals surface area contributed by atoms with Crippen molar-refractivity contribution in [3.63, 3.8) is 0 Å². The van der Waals surface area contributed by atoms with Gasteiger partial charge in [-0.2, -0.15) is 4.39 Å². The summed E-state index contributed by atoms with van der Waals surface area (Å²) in [7, 11) is 0. The molecule has 2 aliphatic rings. The molecule has 202 valence electrons. The van der Waals surface area contributed by atoms with Crippen LogP contribution in [0.5, 0.6) is 5.75 Å². The summed E-state index contributed by atoms with van der Waals surface area (Å²) in [5.41, 5.74) is 1.26. The van der Waals surface area contributed by atoms with Crippen LogP contribution in [0.25, 0.3) is 0 Å². The molecular formula is C31H38F4O2. The molecule has 2 aromatic carbocycles. The van der Waals surface area contributed by atoms with E-state index in [0.717, 1.165) is 57.8 Å². The molecule has 0 saturated heterocycles. The van der Waals surface area contributed by atoms with Gasteiger partial charge in [-0.1, -0.05) is 30.9 Å². The fraction of sp³-hybridized carbons (Fsp3) is 0.548. The van der Waals surface area contributed by atoms with E-state index >= 15 is 8.78 Å². The summed E-state index contributed by atoms with van der Waals surface area (Å²) in [5.74, 6) is -2.82. The minimum Gasteiger partial charge on any atom is -0.486 e. The lowest BCUT2D eigenvalue weighted by atomic mass is 9.74. The third-order valence-corrected chi connectivity index (χ3v) is 8.63. The average Bonchev–Trinajstić information content (AvgIpc) is 2.91.